The monoisotopic (exact) mass is 288 g/mol. The average Bonchev–Trinajstić information content (AvgIpc) is 2.63. The van der Waals surface area contributed by atoms with Gasteiger partial charge in [0, 0.05) is 12.1 Å². The Morgan fingerprint density at radius 1 is 1.29 bits per heavy atom. The molecule has 0 bridgehead atoms. The lowest BCUT2D eigenvalue weighted by Gasteiger charge is -2.40. The van der Waals surface area contributed by atoms with Crippen LogP contribution in [0.4, 0.5) is 4.39 Å². The maximum Gasteiger partial charge on any atom is 0.256 e. The van der Waals surface area contributed by atoms with E-state index in [1.54, 1.807) is 4.90 Å². The van der Waals surface area contributed by atoms with Gasteiger partial charge in [0.25, 0.3) is 5.91 Å². The number of nitrogens with zero attached hydrogens (tertiary/aromatic N) is 2. The van der Waals surface area contributed by atoms with Crippen molar-refractivity contribution in [3.63, 3.8) is 0 Å². The second-order valence-electron chi connectivity index (χ2n) is 7.54. The molecule has 2 rings (SSSR count). The SMILES string of the molecule is CC(C)(C)CC(C)(C)N1Cc2cc(F)cc(C#N)c2C1=O. The molecule has 0 saturated carbocycles. The van der Waals surface area contributed by atoms with Crippen molar-refractivity contribution in [2.24, 2.45) is 5.41 Å². The van der Waals surface area contributed by atoms with Crippen LogP contribution in [0.5, 0.6) is 0 Å². The summed E-state index contributed by atoms with van der Waals surface area (Å²) in [6.45, 7) is 10.8. The van der Waals surface area contributed by atoms with E-state index in [-0.39, 0.29) is 22.4 Å². The first-order chi connectivity index (χ1) is 9.55. The largest absolute Gasteiger partial charge is 0.329 e. The molecule has 0 radical (unpaired) electrons. The van der Waals surface area contributed by atoms with Crippen molar-refractivity contribution in [3.05, 3.63) is 34.6 Å². The number of nitriles is 1. The van der Waals surface area contributed by atoms with Gasteiger partial charge in [-0.15, -0.1) is 0 Å². The van der Waals surface area contributed by atoms with E-state index in [0.29, 0.717) is 17.7 Å². The third-order valence-corrected chi connectivity index (χ3v) is 3.79. The molecular formula is C17H21FN2O. The van der Waals surface area contributed by atoms with Gasteiger partial charge in [-0.3, -0.25) is 4.79 Å². The summed E-state index contributed by atoms with van der Waals surface area (Å²) in [6, 6.07) is 4.43. The second kappa shape index (κ2) is 4.84. The van der Waals surface area contributed by atoms with Crippen molar-refractivity contribution in [2.45, 2.75) is 53.1 Å². The Kier molecular flexibility index (Phi) is 3.57. The molecule has 0 atom stereocenters. The van der Waals surface area contributed by atoms with Gasteiger partial charge in [-0.05, 0) is 43.4 Å². The van der Waals surface area contributed by atoms with Crippen molar-refractivity contribution in [1.82, 2.24) is 4.90 Å². The highest BCUT2D eigenvalue weighted by atomic mass is 19.1. The fraction of sp³-hybridized carbons (Fsp3) is 0.529. The summed E-state index contributed by atoms with van der Waals surface area (Å²) >= 11 is 0. The molecule has 0 unspecified atom stereocenters. The lowest BCUT2D eigenvalue weighted by molar-refractivity contribution is 0.0470. The second-order valence-corrected chi connectivity index (χ2v) is 7.54. The van der Waals surface area contributed by atoms with E-state index in [1.165, 1.54) is 6.07 Å². The molecule has 0 aromatic heterocycles. The Balaban J connectivity index is 2.41. The number of hydrogen-bond donors (Lipinski definition) is 0. The molecule has 0 aliphatic carbocycles. The Morgan fingerprint density at radius 2 is 1.90 bits per heavy atom. The van der Waals surface area contributed by atoms with Gasteiger partial charge in [0.1, 0.15) is 11.9 Å². The minimum Gasteiger partial charge on any atom is -0.329 e. The quantitative estimate of drug-likeness (QED) is 0.829. The molecule has 3 nitrogen and oxygen atoms in total. The van der Waals surface area contributed by atoms with Crippen LogP contribution in [-0.4, -0.2) is 16.3 Å². The van der Waals surface area contributed by atoms with E-state index in [1.807, 2.05) is 19.9 Å². The number of fused-ring (bicyclic) bond motifs is 1. The summed E-state index contributed by atoms with van der Waals surface area (Å²) in [4.78, 5) is 14.4. The minimum absolute atomic E-state index is 0.0713. The molecule has 1 aromatic carbocycles. The topological polar surface area (TPSA) is 44.1 Å². The van der Waals surface area contributed by atoms with Gasteiger partial charge in [0.2, 0.25) is 0 Å². The first-order valence-corrected chi connectivity index (χ1v) is 7.10. The Morgan fingerprint density at radius 3 is 2.43 bits per heavy atom. The van der Waals surface area contributed by atoms with Gasteiger partial charge in [-0.1, -0.05) is 20.8 Å². The minimum atomic E-state index is -0.464. The molecule has 1 aliphatic heterocycles. The Hall–Kier alpha value is -1.89. The molecular weight excluding hydrogens is 267 g/mol. The molecule has 4 heteroatoms. The number of amides is 1. The van der Waals surface area contributed by atoms with E-state index >= 15 is 0 Å². The number of halogens is 1. The highest BCUT2D eigenvalue weighted by Crippen LogP contribution is 2.37. The fourth-order valence-electron chi connectivity index (χ4n) is 3.39. The van der Waals surface area contributed by atoms with E-state index in [4.69, 9.17) is 5.26 Å². The molecule has 1 aromatic rings. The van der Waals surface area contributed by atoms with Crippen LogP contribution in [0.2, 0.25) is 0 Å². The van der Waals surface area contributed by atoms with E-state index in [9.17, 15) is 9.18 Å². The summed E-state index contributed by atoms with van der Waals surface area (Å²) < 4.78 is 13.6. The molecule has 1 aliphatic rings. The predicted molar refractivity (Wildman–Crippen MR) is 79.1 cm³/mol. The van der Waals surface area contributed by atoms with Crippen LogP contribution < -0.4 is 0 Å². The van der Waals surface area contributed by atoms with E-state index in [2.05, 4.69) is 20.8 Å². The summed E-state index contributed by atoms with van der Waals surface area (Å²) in [7, 11) is 0. The van der Waals surface area contributed by atoms with Crippen LogP contribution in [0, 0.1) is 22.6 Å². The number of carbonyl (C=O) groups excluding carboxylic acids is 1. The summed E-state index contributed by atoms with van der Waals surface area (Å²) in [5.41, 5.74) is 0.822. The lowest BCUT2D eigenvalue weighted by Crippen LogP contribution is -2.46. The van der Waals surface area contributed by atoms with Crippen molar-refractivity contribution in [1.29, 1.82) is 5.26 Å². The maximum absolute atomic E-state index is 13.6. The summed E-state index contributed by atoms with van der Waals surface area (Å²) in [6.07, 6.45) is 0.824. The third-order valence-electron chi connectivity index (χ3n) is 3.79. The van der Waals surface area contributed by atoms with Gasteiger partial charge >= 0.3 is 0 Å². The van der Waals surface area contributed by atoms with E-state index in [0.717, 1.165) is 12.5 Å². The van der Waals surface area contributed by atoms with Crippen molar-refractivity contribution in [3.8, 4) is 6.07 Å². The zero-order chi connectivity index (χ0) is 16.0. The van der Waals surface area contributed by atoms with Crippen molar-refractivity contribution >= 4 is 5.91 Å². The first kappa shape index (κ1) is 15.5. The molecule has 0 saturated heterocycles. The van der Waals surface area contributed by atoms with Gasteiger partial charge in [0.15, 0.2) is 0 Å². The van der Waals surface area contributed by atoms with Crippen LogP contribution in [-0.2, 0) is 6.54 Å². The molecule has 112 valence electrons. The first-order valence-electron chi connectivity index (χ1n) is 7.10. The average molecular weight is 288 g/mol. The summed E-state index contributed by atoms with van der Waals surface area (Å²) in [5.74, 6) is -0.635. The highest BCUT2D eigenvalue weighted by Gasteiger charge is 2.40. The number of carbonyl (C=O) groups is 1. The smallest absolute Gasteiger partial charge is 0.256 e. The zero-order valence-corrected chi connectivity index (χ0v) is 13.2. The van der Waals surface area contributed by atoms with Crippen LogP contribution in [0.1, 0.15) is 62.5 Å². The fourth-order valence-corrected chi connectivity index (χ4v) is 3.39. The van der Waals surface area contributed by atoms with Gasteiger partial charge < -0.3 is 4.90 Å². The third kappa shape index (κ3) is 2.92. The lowest BCUT2D eigenvalue weighted by atomic mass is 9.81. The van der Waals surface area contributed by atoms with Gasteiger partial charge in [0.05, 0.1) is 11.1 Å². The molecule has 0 fully saturated rings. The molecule has 21 heavy (non-hydrogen) atoms. The zero-order valence-electron chi connectivity index (χ0n) is 13.2. The van der Waals surface area contributed by atoms with E-state index < -0.39 is 5.82 Å². The maximum atomic E-state index is 13.6. The molecule has 0 N–H and O–H groups in total. The van der Waals surface area contributed by atoms with Crippen molar-refractivity contribution < 1.29 is 9.18 Å². The molecule has 0 spiro atoms. The predicted octanol–water partition coefficient (Wildman–Crippen LogP) is 3.87. The van der Waals surface area contributed by atoms with Crippen LogP contribution in [0.25, 0.3) is 0 Å². The Bertz CT molecular complexity index is 635. The number of hydrogen-bond acceptors (Lipinski definition) is 2. The number of rotatable bonds is 2. The van der Waals surface area contributed by atoms with Crippen LogP contribution in [0.3, 0.4) is 0 Å². The molecule has 1 heterocycles. The van der Waals surface area contributed by atoms with Gasteiger partial charge in [-0.25, -0.2) is 4.39 Å². The highest BCUT2D eigenvalue weighted by molar-refractivity contribution is 6.01. The van der Waals surface area contributed by atoms with Crippen LogP contribution in [0.15, 0.2) is 12.1 Å². The van der Waals surface area contributed by atoms with Crippen LogP contribution >= 0.6 is 0 Å². The normalized spacial score (nSPS) is 15.1. The Labute approximate surface area is 125 Å². The molecule has 1 amide bonds. The van der Waals surface area contributed by atoms with Crippen molar-refractivity contribution in [2.75, 3.05) is 0 Å². The number of benzene rings is 1. The van der Waals surface area contributed by atoms with Gasteiger partial charge in [-0.2, -0.15) is 5.26 Å². The standard InChI is InChI=1S/C17H21FN2O/c1-16(2,3)10-17(4,5)20-9-12-7-13(18)6-11(8-19)14(12)15(20)21/h6-7H,9-10H2,1-5H3. The summed E-state index contributed by atoms with van der Waals surface area (Å²) in [5, 5.41) is 9.13.